The van der Waals surface area contributed by atoms with Gasteiger partial charge in [-0.3, -0.25) is 15.0 Å². The zero-order valence-corrected chi connectivity index (χ0v) is 20.4. The van der Waals surface area contributed by atoms with Crippen LogP contribution in [0.15, 0.2) is 28.5 Å². The molecule has 1 amide bonds. The van der Waals surface area contributed by atoms with Crippen LogP contribution in [0.3, 0.4) is 0 Å². The number of nitrogens with one attached hydrogen (secondary N) is 1. The van der Waals surface area contributed by atoms with Gasteiger partial charge in [0, 0.05) is 30.6 Å². The van der Waals surface area contributed by atoms with Crippen molar-refractivity contribution in [3.05, 3.63) is 40.4 Å². The van der Waals surface area contributed by atoms with Crippen LogP contribution < -0.4 is 5.32 Å². The highest BCUT2D eigenvalue weighted by atomic mass is 32.2. The van der Waals surface area contributed by atoms with Gasteiger partial charge in [0.25, 0.3) is 5.91 Å². The number of carbonyl (C=O) groups is 1. The van der Waals surface area contributed by atoms with Crippen LogP contribution in [0.1, 0.15) is 55.2 Å². The van der Waals surface area contributed by atoms with Gasteiger partial charge < -0.3 is 0 Å². The minimum atomic E-state index is -3.64. The molecule has 0 aliphatic carbocycles. The first-order valence-electron chi connectivity index (χ1n) is 10.8. The third-order valence-corrected chi connectivity index (χ3v) is 8.81. The van der Waals surface area contributed by atoms with Crippen molar-refractivity contribution < 1.29 is 13.2 Å². The third kappa shape index (κ3) is 5.71. The molecule has 2 heterocycles. The average Bonchev–Trinajstić information content (AvgIpc) is 3.17. The Balaban J connectivity index is 1.71. The molecule has 1 fully saturated rings. The highest BCUT2D eigenvalue weighted by molar-refractivity contribution is 7.89. The maximum atomic E-state index is 12.9. The predicted octanol–water partition coefficient (Wildman–Crippen LogP) is 3.97. The molecule has 1 N–H and O–H groups in total. The lowest BCUT2D eigenvalue weighted by Crippen LogP contribution is -2.32. The van der Waals surface area contributed by atoms with Crippen LogP contribution in [0.5, 0.6) is 0 Å². The van der Waals surface area contributed by atoms with Gasteiger partial charge >= 0.3 is 0 Å². The van der Waals surface area contributed by atoms with Crippen molar-refractivity contribution in [2.75, 3.05) is 31.5 Å². The molecular weight excluding hydrogens is 432 g/mol. The summed E-state index contributed by atoms with van der Waals surface area (Å²) in [5.41, 5.74) is 1.87. The Labute approximate surface area is 189 Å². The van der Waals surface area contributed by atoms with E-state index in [-0.39, 0.29) is 10.8 Å². The van der Waals surface area contributed by atoms with E-state index in [2.05, 4.69) is 22.1 Å². The topological polar surface area (TPSA) is 82.6 Å². The molecule has 0 radical (unpaired) electrons. The first kappa shape index (κ1) is 23.8. The Morgan fingerprint density at radius 3 is 2.58 bits per heavy atom. The van der Waals surface area contributed by atoms with E-state index >= 15 is 0 Å². The molecule has 1 aliphatic heterocycles. The molecular formula is C22H32N4O3S2. The van der Waals surface area contributed by atoms with Crippen LogP contribution in [0.25, 0.3) is 0 Å². The predicted molar refractivity (Wildman–Crippen MR) is 125 cm³/mol. The molecule has 1 aromatic heterocycles. The van der Waals surface area contributed by atoms with Crippen LogP contribution in [-0.2, 0) is 16.6 Å². The summed E-state index contributed by atoms with van der Waals surface area (Å²) in [7, 11) is -3.64. The van der Waals surface area contributed by atoms with E-state index < -0.39 is 10.0 Å². The Bertz CT molecular complexity index is 1010. The Morgan fingerprint density at radius 1 is 1.26 bits per heavy atom. The number of hydrogen-bond acceptors (Lipinski definition) is 6. The SMILES string of the molecule is CCN(CC)S(=O)(=O)c1cc(C(=O)Nc2nc(CN3CCC(C)CC3)cs2)ccc1C. The van der Waals surface area contributed by atoms with Crippen molar-refractivity contribution in [3.8, 4) is 0 Å². The molecule has 0 bridgehead atoms. The van der Waals surface area contributed by atoms with E-state index in [1.54, 1.807) is 32.9 Å². The van der Waals surface area contributed by atoms with Crippen molar-refractivity contribution in [2.45, 2.75) is 52.0 Å². The molecule has 0 saturated carbocycles. The summed E-state index contributed by atoms with van der Waals surface area (Å²) >= 11 is 1.39. The fourth-order valence-corrected chi connectivity index (χ4v) is 6.18. The molecule has 31 heavy (non-hydrogen) atoms. The molecule has 1 aliphatic rings. The summed E-state index contributed by atoms with van der Waals surface area (Å²) in [6.07, 6.45) is 2.42. The molecule has 3 rings (SSSR count). The minimum Gasteiger partial charge on any atom is -0.298 e. The van der Waals surface area contributed by atoms with Gasteiger partial charge in [-0.25, -0.2) is 13.4 Å². The van der Waals surface area contributed by atoms with Crippen LogP contribution in [0, 0.1) is 12.8 Å². The highest BCUT2D eigenvalue weighted by Gasteiger charge is 2.25. The fourth-order valence-electron chi connectivity index (χ4n) is 3.78. The van der Waals surface area contributed by atoms with Crippen molar-refractivity contribution >= 4 is 32.4 Å². The fraction of sp³-hybridized carbons (Fsp3) is 0.545. The van der Waals surface area contributed by atoms with Crippen LogP contribution in [-0.4, -0.2) is 54.7 Å². The number of anilines is 1. The number of nitrogens with zero attached hydrogens (tertiary/aromatic N) is 3. The minimum absolute atomic E-state index is 0.169. The molecule has 7 nitrogen and oxygen atoms in total. The van der Waals surface area contributed by atoms with Gasteiger partial charge in [0.2, 0.25) is 10.0 Å². The van der Waals surface area contributed by atoms with Crippen molar-refractivity contribution in [3.63, 3.8) is 0 Å². The maximum absolute atomic E-state index is 12.9. The quantitative estimate of drug-likeness (QED) is 0.639. The number of amides is 1. The zero-order valence-electron chi connectivity index (χ0n) is 18.7. The van der Waals surface area contributed by atoms with Crippen molar-refractivity contribution in [1.82, 2.24) is 14.2 Å². The molecule has 1 aromatic carbocycles. The lowest BCUT2D eigenvalue weighted by molar-refractivity contribution is 0.102. The number of aromatic nitrogens is 1. The van der Waals surface area contributed by atoms with Gasteiger partial charge in [0.05, 0.1) is 10.6 Å². The molecule has 9 heteroatoms. The van der Waals surface area contributed by atoms with E-state index in [1.807, 2.05) is 5.38 Å². The van der Waals surface area contributed by atoms with Gasteiger partial charge in [-0.05, 0) is 56.5 Å². The van der Waals surface area contributed by atoms with E-state index in [1.165, 1.54) is 34.6 Å². The summed E-state index contributed by atoms with van der Waals surface area (Å²) in [5, 5.41) is 5.32. The van der Waals surface area contributed by atoms with Gasteiger partial charge in [-0.2, -0.15) is 4.31 Å². The number of benzene rings is 1. The molecule has 0 atom stereocenters. The standard InChI is InChI=1S/C22H32N4O3S2/c1-5-26(6-2)31(28,29)20-13-18(8-7-17(20)4)21(27)24-22-23-19(15-30-22)14-25-11-9-16(3)10-12-25/h7-8,13,15-16H,5-6,9-12,14H2,1-4H3,(H,23,24,27). The van der Waals surface area contributed by atoms with E-state index in [4.69, 9.17) is 0 Å². The van der Waals surface area contributed by atoms with Crippen molar-refractivity contribution in [2.24, 2.45) is 5.92 Å². The first-order chi connectivity index (χ1) is 14.7. The number of likely N-dealkylation sites (tertiary alicyclic amines) is 1. The van der Waals surface area contributed by atoms with Crippen molar-refractivity contribution in [1.29, 1.82) is 0 Å². The average molecular weight is 465 g/mol. The molecule has 2 aromatic rings. The summed E-state index contributed by atoms with van der Waals surface area (Å²) in [6, 6.07) is 4.78. The molecule has 0 spiro atoms. The number of piperidine rings is 1. The van der Waals surface area contributed by atoms with E-state index in [0.29, 0.717) is 29.3 Å². The summed E-state index contributed by atoms with van der Waals surface area (Å²) in [4.78, 5) is 19.9. The van der Waals surface area contributed by atoms with E-state index in [9.17, 15) is 13.2 Å². The van der Waals surface area contributed by atoms with Crippen LogP contribution >= 0.6 is 11.3 Å². The number of sulfonamides is 1. The number of thiazole rings is 1. The lowest BCUT2D eigenvalue weighted by atomic mass is 9.99. The monoisotopic (exact) mass is 464 g/mol. The first-order valence-corrected chi connectivity index (χ1v) is 13.2. The highest BCUT2D eigenvalue weighted by Crippen LogP contribution is 2.24. The second-order valence-corrected chi connectivity index (χ2v) is 10.9. The molecule has 1 saturated heterocycles. The number of aryl methyl sites for hydroxylation is 1. The summed E-state index contributed by atoms with van der Waals surface area (Å²) in [6.45, 7) is 11.3. The van der Waals surface area contributed by atoms with Gasteiger partial charge in [-0.1, -0.05) is 26.8 Å². The normalized spacial score (nSPS) is 16.0. The van der Waals surface area contributed by atoms with E-state index in [0.717, 1.165) is 31.2 Å². The zero-order chi connectivity index (χ0) is 22.6. The maximum Gasteiger partial charge on any atom is 0.257 e. The third-order valence-electron chi connectivity index (χ3n) is 5.81. The molecule has 0 unspecified atom stereocenters. The van der Waals surface area contributed by atoms with Crippen LogP contribution in [0.2, 0.25) is 0 Å². The largest absolute Gasteiger partial charge is 0.298 e. The number of rotatable bonds is 8. The number of carbonyl (C=O) groups excluding carboxylic acids is 1. The summed E-state index contributed by atoms with van der Waals surface area (Å²) in [5.74, 6) is 0.426. The van der Waals surface area contributed by atoms with Gasteiger partial charge in [0.15, 0.2) is 5.13 Å². The van der Waals surface area contributed by atoms with Crippen LogP contribution in [0.4, 0.5) is 5.13 Å². The van der Waals surface area contributed by atoms with Gasteiger partial charge in [-0.15, -0.1) is 11.3 Å². The second kappa shape index (κ2) is 10.2. The number of hydrogen-bond donors (Lipinski definition) is 1. The Morgan fingerprint density at radius 2 is 1.94 bits per heavy atom. The van der Waals surface area contributed by atoms with Gasteiger partial charge in [0.1, 0.15) is 0 Å². The molecule has 170 valence electrons. The summed E-state index contributed by atoms with van der Waals surface area (Å²) < 4.78 is 27.3. The smallest absolute Gasteiger partial charge is 0.257 e. The Hall–Kier alpha value is -1.81. The second-order valence-electron chi connectivity index (χ2n) is 8.13. The lowest BCUT2D eigenvalue weighted by Gasteiger charge is -2.29. The Kier molecular flexibility index (Phi) is 7.85.